The van der Waals surface area contributed by atoms with E-state index in [-0.39, 0.29) is 0 Å². The molecule has 0 saturated carbocycles. The summed E-state index contributed by atoms with van der Waals surface area (Å²) in [4.78, 5) is 10.6. The van der Waals surface area contributed by atoms with E-state index in [4.69, 9.17) is 16.2 Å². The molecule has 1 saturated heterocycles. The summed E-state index contributed by atoms with van der Waals surface area (Å²) in [5.41, 5.74) is 10.5. The lowest BCUT2D eigenvalue weighted by molar-refractivity contribution is -0.119. The fourth-order valence-electron chi connectivity index (χ4n) is 1.51. The Balaban J connectivity index is 2.05. The first-order valence-corrected chi connectivity index (χ1v) is 5.03. The Morgan fingerprint density at radius 1 is 1.64 bits per heavy atom. The molecule has 5 N–H and O–H groups in total. The van der Waals surface area contributed by atoms with Crippen molar-refractivity contribution in [1.82, 2.24) is 5.32 Å². The van der Waals surface area contributed by atoms with E-state index in [9.17, 15) is 4.79 Å². The number of primary amides is 1. The second-order valence-corrected chi connectivity index (χ2v) is 3.75. The van der Waals surface area contributed by atoms with Crippen molar-refractivity contribution in [2.75, 3.05) is 26.3 Å². The number of nitrogens with one attached hydrogen (secondary N) is 1. The summed E-state index contributed by atoms with van der Waals surface area (Å²) in [6.07, 6.45) is 2.30. The summed E-state index contributed by atoms with van der Waals surface area (Å²) in [6, 6.07) is -0.584. The van der Waals surface area contributed by atoms with Gasteiger partial charge in [-0.2, -0.15) is 0 Å². The topological polar surface area (TPSA) is 90.4 Å². The maximum absolute atomic E-state index is 10.6. The third kappa shape index (κ3) is 4.04. The zero-order chi connectivity index (χ0) is 10.4. The van der Waals surface area contributed by atoms with Crippen molar-refractivity contribution in [2.45, 2.75) is 18.9 Å². The van der Waals surface area contributed by atoms with Crippen molar-refractivity contribution in [3.05, 3.63) is 0 Å². The van der Waals surface area contributed by atoms with Gasteiger partial charge in [0.2, 0.25) is 5.91 Å². The van der Waals surface area contributed by atoms with Crippen LogP contribution >= 0.6 is 0 Å². The van der Waals surface area contributed by atoms with E-state index < -0.39 is 11.9 Å². The van der Waals surface area contributed by atoms with Gasteiger partial charge in [-0.3, -0.25) is 4.79 Å². The molecule has 0 spiro atoms. The SMILES string of the molecule is NC(=O)C(N)CNCC1CCCOC1. The highest BCUT2D eigenvalue weighted by atomic mass is 16.5. The van der Waals surface area contributed by atoms with Crippen molar-refractivity contribution in [1.29, 1.82) is 0 Å². The molecule has 0 bridgehead atoms. The highest BCUT2D eigenvalue weighted by molar-refractivity contribution is 5.79. The number of hydrogen-bond acceptors (Lipinski definition) is 4. The number of carbonyl (C=O) groups excluding carboxylic acids is 1. The molecular weight excluding hydrogens is 182 g/mol. The van der Waals surface area contributed by atoms with E-state index in [2.05, 4.69) is 5.32 Å². The molecule has 1 fully saturated rings. The predicted molar refractivity (Wildman–Crippen MR) is 53.6 cm³/mol. The molecule has 14 heavy (non-hydrogen) atoms. The minimum Gasteiger partial charge on any atom is -0.381 e. The third-order valence-corrected chi connectivity index (χ3v) is 2.42. The van der Waals surface area contributed by atoms with Crippen LogP contribution in [0.1, 0.15) is 12.8 Å². The lowest BCUT2D eigenvalue weighted by Crippen LogP contribution is -2.45. The molecule has 82 valence electrons. The summed E-state index contributed by atoms with van der Waals surface area (Å²) in [5.74, 6) is 0.0845. The van der Waals surface area contributed by atoms with Gasteiger partial charge in [0.15, 0.2) is 0 Å². The highest BCUT2D eigenvalue weighted by Crippen LogP contribution is 2.11. The van der Waals surface area contributed by atoms with Crippen LogP contribution in [-0.2, 0) is 9.53 Å². The Morgan fingerprint density at radius 2 is 2.43 bits per heavy atom. The normalized spacial score (nSPS) is 24.5. The number of rotatable bonds is 5. The summed E-state index contributed by atoms with van der Waals surface area (Å²) >= 11 is 0. The molecule has 2 unspecified atom stereocenters. The first kappa shape index (κ1) is 11.4. The number of carbonyl (C=O) groups is 1. The van der Waals surface area contributed by atoms with E-state index in [1.807, 2.05) is 0 Å². The van der Waals surface area contributed by atoms with Crippen LogP contribution in [0.5, 0.6) is 0 Å². The maximum atomic E-state index is 10.6. The van der Waals surface area contributed by atoms with Crippen LogP contribution in [0.4, 0.5) is 0 Å². The quantitative estimate of drug-likeness (QED) is 0.522. The fraction of sp³-hybridized carbons (Fsp3) is 0.889. The summed E-state index contributed by atoms with van der Waals surface area (Å²) in [6.45, 7) is 2.98. The van der Waals surface area contributed by atoms with Crippen molar-refractivity contribution < 1.29 is 9.53 Å². The molecular formula is C9H19N3O2. The van der Waals surface area contributed by atoms with Crippen molar-refractivity contribution in [2.24, 2.45) is 17.4 Å². The van der Waals surface area contributed by atoms with Crippen molar-refractivity contribution in [3.63, 3.8) is 0 Å². The Morgan fingerprint density at radius 3 is 3.00 bits per heavy atom. The van der Waals surface area contributed by atoms with E-state index in [0.717, 1.165) is 26.2 Å². The molecule has 2 atom stereocenters. The average Bonchev–Trinajstić information content (AvgIpc) is 2.19. The third-order valence-electron chi connectivity index (χ3n) is 2.42. The minimum atomic E-state index is -0.584. The molecule has 5 nitrogen and oxygen atoms in total. The van der Waals surface area contributed by atoms with Gasteiger partial charge in [-0.1, -0.05) is 0 Å². The average molecular weight is 201 g/mol. The Bertz CT molecular complexity index is 181. The van der Waals surface area contributed by atoms with Crippen LogP contribution in [0, 0.1) is 5.92 Å². The number of amides is 1. The first-order chi connectivity index (χ1) is 6.70. The highest BCUT2D eigenvalue weighted by Gasteiger charge is 2.14. The number of nitrogens with two attached hydrogens (primary N) is 2. The molecule has 1 aliphatic rings. The maximum Gasteiger partial charge on any atom is 0.235 e. The van der Waals surface area contributed by atoms with Gasteiger partial charge in [0.25, 0.3) is 0 Å². The van der Waals surface area contributed by atoms with Gasteiger partial charge >= 0.3 is 0 Å². The zero-order valence-corrected chi connectivity index (χ0v) is 8.37. The van der Waals surface area contributed by atoms with Crippen LogP contribution in [0.2, 0.25) is 0 Å². The van der Waals surface area contributed by atoms with Gasteiger partial charge in [0.05, 0.1) is 12.6 Å². The molecule has 0 aromatic heterocycles. The van der Waals surface area contributed by atoms with Crippen molar-refractivity contribution in [3.8, 4) is 0 Å². The standard InChI is InChI=1S/C9H19N3O2/c10-8(9(11)13)5-12-4-7-2-1-3-14-6-7/h7-8,12H,1-6,10H2,(H2,11,13). The number of hydrogen-bond donors (Lipinski definition) is 3. The Labute approximate surface area is 84.2 Å². The van der Waals surface area contributed by atoms with Crippen LogP contribution in [0.15, 0.2) is 0 Å². The van der Waals surface area contributed by atoms with Gasteiger partial charge in [-0.05, 0) is 18.8 Å². The van der Waals surface area contributed by atoms with Gasteiger partial charge in [0.1, 0.15) is 0 Å². The summed E-state index contributed by atoms with van der Waals surface area (Å²) in [5, 5.41) is 3.13. The largest absolute Gasteiger partial charge is 0.381 e. The zero-order valence-electron chi connectivity index (χ0n) is 8.37. The molecule has 5 heteroatoms. The Kier molecular flexibility index (Phi) is 4.86. The number of ether oxygens (including phenoxy) is 1. The molecule has 1 amide bonds. The molecule has 0 aromatic carbocycles. The Hall–Kier alpha value is -0.650. The van der Waals surface area contributed by atoms with Crippen LogP contribution in [0.25, 0.3) is 0 Å². The fourth-order valence-corrected chi connectivity index (χ4v) is 1.51. The molecule has 0 aliphatic carbocycles. The summed E-state index contributed by atoms with van der Waals surface area (Å²) in [7, 11) is 0. The molecule has 1 heterocycles. The van der Waals surface area contributed by atoms with E-state index in [0.29, 0.717) is 12.5 Å². The molecule has 0 aromatic rings. The van der Waals surface area contributed by atoms with Gasteiger partial charge in [-0.25, -0.2) is 0 Å². The van der Waals surface area contributed by atoms with Crippen LogP contribution < -0.4 is 16.8 Å². The van der Waals surface area contributed by atoms with Crippen LogP contribution in [0.3, 0.4) is 0 Å². The molecule has 1 rings (SSSR count). The smallest absolute Gasteiger partial charge is 0.235 e. The molecule has 1 aliphatic heterocycles. The van der Waals surface area contributed by atoms with Crippen molar-refractivity contribution >= 4 is 5.91 Å². The van der Waals surface area contributed by atoms with Gasteiger partial charge < -0.3 is 21.5 Å². The first-order valence-electron chi connectivity index (χ1n) is 5.03. The monoisotopic (exact) mass is 201 g/mol. The van der Waals surface area contributed by atoms with E-state index in [1.54, 1.807) is 0 Å². The van der Waals surface area contributed by atoms with E-state index in [1.165, 1.54) is 6.42 Å². The predicted octanol–water partition coefficient (Wildman–Crippen LogP) is -1.18. The second-order valence-electron chi connectivity index (χ2n) is 3.75. The van der Waals surface area contributed by atoms with Gasteiger partial charge in [-0.15, -0.1) is 0 Å². The summed E-state index contributed by atoms with van der Waals surface area (Å²) < 4.78 is 5.32. The lowest BCUT2D eigenvalue weighted by Gasteiger charge is -2.22. The minimum absolute atomic E-state index is 0.450. The van der Waals surface area contributed by atoms with Crippen LogP contribution in [-0.4, -0.2) is 38.3 Å². The lowest BCUT2D eigenvalue weighted by atomic mass is 10.0. The van der Waals surface area contributed by atoms with E-state index >= 15 is 0 Å². The second kappa shape index (κ2) is 5.95. The van der Waals surface area contributed by atoms with Gasteiger partial charge in [0, 0.05) is 19.7 Å². The molecule has 0 radical (unpaired) electrons.